The second kappa shape index (κ2) is 8.41. The van der Waals surface area contributed by atoms with Crippen LogP contribution in [0, 0.1) is 6.92 Å². The lowest BCUT2D eigenvalue weighted by Crippen LogP contribution is -2.32. The summed E-state index contributed by atoms with van der Waals surface area (Å²) >= 11 is 1.42. The van der Waals surface area contributed by atoms with E-state index < -0.39 is 5.25 Å². The fourth-order valence-electron chi connectivity index (χ4n) is 3.03. The van der Waals surface area contributed by atoms with Crippen molar-refractivity contribution in [2.24, 2.45) is 0 Å². The van der Waals surface area contributed by atoms with E-state index in [0.717, 1.165) is 21.9 Å². The maximum Gasteiger partial charge on any atom is 0.238 e. The van der Waals surface area contributed by atoms with Gasteiger partial charge in [-0.05, 0) is 61.0 Å². The number of aryl methyl sites for hydroxylation is 1. The smallest absolute Gasteiger partial charge is 0.238 e. The number of ether oxygens (including phenoxy) is 1. The van der Waals surface area contributed by atoms with Gasteiger partial charge in [-0.2, -0.15) is 0 Å². The maximum absolute atomic E-state index is 12.4. The molecule has 0 aromatic heterocycles. The normalized spacial score (nSPS) is 15.2. The second-order valence-corrected chi connectivity index (χ2v) is 8.03. The molecule has 3 aromatic carbocycles. The minimum atomic E-state index is -0.450. The Balaban J connectivity index is 1.34. The molecule has 0 radical (unpaired) electrons. The molecule has 0 aliphatic carbocycles. The molecule has 1 aliphatic heterocycles. The van der Waals surface area contributed by atoms with Crippen molar-refractivity contribution in [2.45, 2.75) is 23.5 Å². The van der Waals surface area contributed by atoms with Crippen molar-refractivity contribution in [1.29, 1.82) is 0 Å². The lowest BCUT2D eigenvalue weighted by molar-refractivity contribution is -0.120. The average Bonchev–Trinajstić information content (AvgIpc) is 2.70. The van der Waals surface area contributed by atoms with E-state index >= 15 is 0 Å². The van der Waals surface area contributed by atoms with Crippen LogP contribution in [-0.2, 0) is 9.59 Å². The highest BCUT2D eigenvalue weighted by molar-refractivity contribution is 8.01. The third-order valence-electron chi connectivity index (χ3n) is 4.44. The Hall–Kier alpha value is -3.25. The number of rotatable bonds is 5. The molecule has 1 aliphatic rings. The lowest BCUT2D eigenvalue weighted by Gasteiger charge is -2.23. The molecule has 0 fully saturated rings. The molecule has 0 bridgehead atoms. The Kier molecular flexibility index (Phi) is 5.53. The fraction of sp³-hybridized carbons (Fsp3) is 0.130. The molecular formula is C23H20N2O3S. The van der Waals surface area contributed by atoms with E-state index in [4.69, 9.17) is 4.74 Å². The first-order valence-electron chi connectivity index (χ1n) is 9.28. The van der Waals surface area contributed by atoms with E-state index in [9.17, 15) is 9.59 Å². The van der Waals surface area contributed by atoms with Crippen molar-refractivity contribution in [3.8, 4) is 11.5 Å². The topological polar surface area (TPSA) is 67.4 Å². The number of thioether (sulfide) groups is 1. The quantitative estimate of drug-likeness (QED) is 0.611. The van der Waals surface area contributed by atoms with Crippen LogP contribution in [0.25, 0.3) is 0 Å². The van der Waals surface area contributed by atoms with Crippen LogP contribution in [0.1, 0.15) is 12.0 Å². The Morgan fingerprint density at radius 3 is 2.62 bits per heavy atom. The van der Waals surface area contributed by atoms with Gasteiger partial charge in [0, 0.05) is 17.0 Å². The highest BCUT2D eigenvalue weighted by Crippen LogP contribution is 2.36. The summed E-state index contributed by atoms with van der Waals surface area (Å²) in [5.41, 5.74) is 2.58. The van der Waals surface area contributed by atoms with Gasteiger partial charge in [0.2, 0.25) is 11.8 Å². The molecule has 146 valence electrons. The molecule has 0 spiro atoms. The molecule has 2 N–H and O–H groups in total. The number of nitrogens with one attached hydrogen (secondary N) is 2. The molecule has 3 aromatic rings. The molecule has 1 heterocycles. The molecule has 0 saturated heterocycles. The molecule has 6 heteroatoms. The van der Waals surface area contributed by atoms with Crippen LogP contribution in [-0.4, -0.2) is 17.1 Å². The first kappa shape index (κ1) is 19.1. The summed E-state index contributed by atoms with van der Waals surface area (Å²) in [5.74, 6) is 1.10. The monoisotopic (exact) mass is 404 g/mol. The van der Waals surface area contributed by atoms with Gasteiger partial charge in [0.15, 0.2) is 0 Å². The molecule has 1 unspecified atom stereocenters. The van der Waals surface area contributed by atoms with Gasteiger partial charge in [-0.15, -0.1) is 11.8 Å². The van der Waals surface area contributed by atoms with Gasteiger partial charge in [-0.1, -0.05) is 24.3 Å². The van der Waals surface area contributed by atoms with Crippen molar-refractivity contribution in [3.63, 3.8) is 0 Å². The van der Waals surface area contributed by atoms with E-state index in [1.165, 1.54) is 11.8 Å². The van der Waals surface area contributed by atoms with Gasteiger partial charge in [-0.25, -0.2) is 0 Å². The number of carbonyl (C=O) groups excluding carboxylic acids is 2. The molecule has 2 amide bonds. The van der Waals surface area contributed by atoms with Gasteiger partial charge in [-0.3, -0.25) is 9.59 Å². The highest BCUT2D eigenvalue weighted by Gasteiger charge is 2.28. The summed E-state index contributed by atoms with van der Waals surface area (Å²) in [4.78, 5) is 25.6. The Labute approximate surface area is 173 Å². The van der Waals surface area contributed by atoms with Gasteiger partial charge in [0.25, 0.3) is 0 Å². The summed E-state index contributed by atoms with van der Waals surface area (Å²) in [6, 6.07) is 22.6. The minimum Gasteiger partial charge on any atom is -0.457 e. The van der Waals surface area contributed by atoms with E-state index in [1.54, 1.807) is 24.3 Å². The molecule has 5 nitrogen and oxygen atoms in total. The second-order valence-electron chi connectivity index (χ2n) is 6.79. The maximum atomic E-state index is 12.4. The van der Waals surface area contributed by atoms with Gasteiger partial charge < -0.3 is 15.4 Å². The average molecular weight is 404 g/mol. The van der Waals surface area contributed by atoms with Crippen LogP contribution in [0.3, 0.4) is 0 Å². The van der Waals surface area contributed by atoms with Crippen molar-refractivity contribution < 1.29 is 14.3 Å². The summed E-state index contributed by atoms with van der Waals surface area (Å²) in [5, 5.41) is 5.25. The van der Waals surface area contributed by atoms with Crippen LogP contribution in [0.15, 0.2) is 77.7 Å². The fourth-order valence-corrected chi connectivity index (χ4v) is 4.14. The predicted molar refractivity (Wildman–Crippen MR) is 116 cm³/mol. The van der Waals surface area contributed by atoms with Crippen LogP contribution < -0.4 is 15.4 Å². The summed E-state index contributed by atoms with van der Waals surface area (Å²) in [6.45, 7) is 2.01. The van der Waals surface area contributed by atoms with E-state index in [2.05, 4.69) is 10.6 Å². The van der Waals surface area contributed by atoms with Crippen molar-refractivity contribution in [1.82, 2.24) is 0 Å². The lowest BCUT2D eigenvalue weighted by atomic mass is 10.2. The molecule has 29 heavy (non-hydrogen) atoms. The van der Waals surface area contributed by atoms with Crippen LogP contribution in [0.5, 0.6) is 11.5 Å². The number of hydrogen-bond acceptors (Lipinski definition) is 4. The Bertz CT molecular complexity index is 1050. The number of amides is 2. The highest BCUT2D eigenvalue weighted by atomic mass is 32.2. The Morgan fingerprint density at radius 1 is 1.03 bits per heavy atom. The zero-order valence-electron chi connectivity index (χ0n) is 15.8. The number of carbonyl (C=O) groups is 2. The summed E-state index contributed by atoms with van der Waals surface area (Å²) in [6.07, 6.45) is 0.104. The summed E-state index contributed by atoms with van der Waals surface area (Å²) < 4.78 is 5.82. The van der Waals surface area contributed by atoms with Crippen LogP contribution in [0.2, 0.25) is 0 Å². The molecule has 4 rings (SSSR count). The Morgan fingerprint density at radius 2 is 1.83 bits per heavy atom. The third kappa shape index (κ3) is 4.78. The number of para-hydroxylation sites is 1. The van der Waals surface area contributed by atoms with Gasteiger partial charge >= 0.3 is 0 Å². The van der Waals surface area contributed by atoms with Crippen LogP contribution in [0.4, 0.5) is 11.4 Å². The SMILES string of the molecule is Cc1cccc(Oc2ccc(NC(=O)CC3Sc4ccccc4NC3=O)cc2)c1. The number of hydrogen-bond donors (Lipinski definition) is 2. The van der Waals surface area contributed by atoms with E-state index in [0.29, 0.717) is 11.4 Å². The van der Waals surface area contributed by atoms with Gasteiger partial charge in [0.05, 0.1) is 10.9 Å². The van der Waals surface area contributed by atoms with Gasteiger partial charge in [0.1, 0.15) is 11.5 Å². The predicted octanol–water partition coefficient (Wildman–Crippen LogP) is 5.23. The zero-order valence-corrected chi connectivity index (χ0v) is 16.7. The number of benzene rings is 3. The zero-order chi connectivity index (χ0) is 20.2. The standard InChI is InChI=1S/C23H20N2O3S/c1-15-5-4-6-18(13-15)28-17-11-9-16(10-12-17)24-22(26)14-21-23(27)25-19-7-2-3-8-20(19)29-21/h2-13,21H,14H2,1H3,(H,24,26)(H,25,27). The van der Waals surface area contributed by atoms with Crippen LogP contribution >= 0.6 is 11.8 Å². The van der Waals surface area contributed by atoms with Crippen molar-refractivity contribution in [2.75, 3.05) is 10.6 Å². The summed E-state index contributed by atoms with van der Waals surface area (Å²) in [7, 11) is 0. The first-order chi connectivity index (χ1) is 14.1. The largest absolute Gasteiger partial charge is 0.457 e. The third-order valence-corrected chi connectivity index (χ3v) is 5.72. The molecule has 0 saturated carbocycles. The van der Waals surface area contributed by atoms with E-state index in [-0.39, 0.29) is 18.2 Å². The minimum absolute atomic E-state index is 0.104. The van der Waals surface area contributed by atoms with E-state index in [1.807, 2.05) is 55.5 Å². The molecule has 1 atom stereocenters. The van der Waals surface area contributed by atoms with Crippen molar-refractivity contribution >= 4 is 35.0 Å². The molecular weight excluding hydrogens is 384 g/mol. The van der Waals surface area contributed by atoms with Crippen molar-refractivity contribution in [3.05, 3.63) is 78.4 Å². The number of anilines is 2. The first-order valence-corrected chi connectivity index (χ1v) is 10.2. The number of fused-ring (bicyclic) bond motifs is 1.